The Bertz CT molecular complexity index is 2960. The van der Waals surface area contributed by atoms with E-state index in [1.807, 2.05) is 0 Å². The number of amides is 4. The molecule has 37 heteroatoms. The van der Waals surface area contributed by atoms with Crippen LogP contribution in [0.4, 0.5) is 5.69 Å². The second kappa shape index (κ2) is 33.0. The average Bonchev–Trinajstić information content (AvgIpc) is 1.37. The molecule has 37 nitrogen and oxygen atoms in total. The summed E-state index contributed by atoms with van der Waals surface area (Å²) < 4.78 is 34.1. The number of carbonyl (C=O) groups is 6. The Labute approximate surface area is 537 Å². The zero-order valence-electron chi connectivity index (χ0n) is 51.2. The molecule has 0 radical (unpaired) electrons. The quantitative estimate of drug-likeness (QED) is 0.0204. The lowest BCUT2D eigenvalue weighted by Crippen LogP contribution is -2.70. The number of guanidine groups is 2. The van der Waals surface area contributed by atoms with Crippen molar-refractivity contribution in [1.29, 1.82) is 0 Å². The maximum atomic E-state index is 15.0. The summed E-state index contributed by atoms with van der Waals surface area (Å²) in [6.45, 7) is 0.603. The number of nitrogen functional groups attached to an aromatic ring is 1. The number of aldehydes is 1. The third-order valence-electron chi connectivity index (χ3n) is 16.7. The van der Waals surface area contributed by atoms with Crippen LogP contribution in [0.1, 0.15) is 44.2 Å². The fourth-order valence-corrected chi connectivity index (χ4v) is 11.2. The molecule has 0 spiro atoms. The minimum Gasteiger partial charge on any atom is -0.460 e. The second-order valence-corrected chi connectivity index (χ2v) is 23.8. The first kappa shape index (κ1) is 74.3. The number of aliphatic hydroxyl groups is 13. The van der Waals surface area contributed by atoms with Gasteiger partial charge in [0.25, 0.3) is 0 Å². The van der Waals surface area contributed by atoms with E-state index in [0.717, 1.165) is 4.90 Å². The van der Waals surface area contributed by atoms with Crippen LogP contribution in [-0.2, 0) is 58.9 Å². The normalized spacial score (nSPS) is 32.0. The highest BCUT2D eigenvalue weighted by atomic mass is 16.7. The van der Waals surface area contributed by atoms with Crippen LogP contribution in [0, 0.1) is 5.92 Å². The third kappa shape index (κ3) is 17.3. The first-order valence-corrected chi connectivity index (χ1v) is 30.1. The van der Waals surface area contributed by atoms with E-state index >= 15 is 0 Å². The molecule has 0 aliphatic carbocycles. The number of carbonyl (C=O) groups excluding carboxylic acids is 6. The number of benzene rings is 2. The van der Waals surface area contributed by atoms with Crippen LogP contribution >= 0.6 is 0 Å². The molecule has 0 saturated carbocycles. The SMILES string of the molecule is CC(C)CC(=O)OC1C(O)C(CO)OC(OC2C(CO)OC(Oc3ccc(C[C@H](NC(=O)[C@@H](N)C(C)c4ccccc4)C(=O)N[C@H](C(=O)N[C@H](C(=O)N[C@H](C=O)CO)C(O)C4CN=C(N)N4C4OC(CO)C(O)C(O)C4O)C(O)C4CN=C(N)N4)cc3N)C(O)C2O)C1O. The fourth-order valence-electron chi connectivity index (χ4n) is 11.2. The summed E-state index contributed by atoms with van der Waals surface area (Å²) in [6, 6.07) is 0.238. The fraction of sp³-hybridized carbons (Fsp3) is 0.649. The molecular weight excluding hydrogens is 1250 g/mol. The predicted molar refractivity (Wildman–Crippen MR) is 320 cm³/mol. The molecular formula is C57H86N12O25. The molecule has 94 heavy (non-hydrogen) atoms. The van der Waals surface area contributed by atoms with Crippen LogP contribution in [0.15, 0.2) is 58.5 Å². The molecule has 2 aromatic rings. The summed E-state index contributed by atoms with van der Waals surface area (Å²) in [5.74, 6) is -7.52. The Morgan fingerprint density at radius 3 is 1.93 bits per heavy atom. The minimum atomic E-state index is -2.28. The Kier molecular flexibility index (Phi) is 26.1. The summed E-state index contributed by atoms with van der Waals surface area (Å²) in [6.07, 6.45) is -31.8. The highest BCUT2D eigenvalue weighted by Gasteiger charge is 2.55. The number of rotatable bonds is 29. The van der Waals surface area contributed by atoms with E-state index in [-0.39, 0.29) is 48.1 Å². The summed E-state index contributed by atoms with van der Waals surface area (Å²) in [7, 11) is 0. The molecule has 5 aliphatic rings. The van der Waals surface area contributed by atoms with Gasteiger partial charge in [0.05, 0.1) is 63.3 Å². The maximum absolute atomic E-state index is 15.0. The van der Waals surface area contributed by atoms with Gasteiger partial charge >= 0.3 is 5.97 Å². The van der Waals surface area contributed by atoms with Gasteiger partial charge in [-0.2, -0.15) is 0 Å². The Hall–Kier alpha value is -7.12. The largest absolute Gasteiger partial charge is 0.460 e. The van der Waals surface area contributed by atoms with Crippen molar-refractivity contribution in [3.63, 3.8) is 0 Å². The van der Waals surface area contributed by atoms with Crippen LogP contribution in [0.2, 0.25) is 0 Å². The molecule has 3 fully saturated rings. The van der Waals surface area contributed by atoms with Gasteiger partial charge in [0, 0.05) is 18.8 Å². The molecule has 25 atom stereocenters. The number of hydrogen-bond acceptors (Lipinski definition) is 33. The van der Waals surface area contributed by atoms with Gasteiger partial charge in [-0.05, 0) is 29.2 Å². The lowest BCUT2D eigenvalue weighted by Gasteiger charge is -2.46. The Morgan fingerprint density at radius 2 is 1.32 bits per heavy atom. The summed E-state index contributed by atoms with van der Waals surface area (Å²) in [5.41, 5.74) is 25.6. The monoisotopic (exact) mass is 1340 g/mol. The molecule has 20 unspecified atom stereocenters. The van der Waals surface area contributed by atoms with Gasteiger partial charge in [-0.15, -0.1) is 0 Å². The number of aliphatic hydroxyl groups excluding tert-OH is 13. The van der Waals surface area contributed by atoms with Crippen molar-refractivity contribution in [3.8, 4) is 5.75 Å². The lowest BCUT2D eigenvalue weighted by molar-refractivity contribution is -0.353. The third-order valence-corrected chi connectivity index (χ3v) is 16.7. The average molecular weight is 1340 g/mol. The molecule has 3 saturated heterocycles. The van der Waals surface area contributed by atoms with E-state index in [0.29, 0.717) is 5.56 Å². The smallest absolute Gasteiger partial charge is 0.306 e. The number of anilines is 1. The first-order chi connectivity index (χ1) is 44.6. The number of nitrogens with two attached hydrogens (primary N) is 4. The van der Waals surface area contributed by atoms with E-state index in [1.165, 1.54) is 18.2 Å². The minimum absolute atomic E-state index is 0.101. The predicted octanol–water partition coefficient (Wildman–Crippen LogP) is -11.5. The van der Waals surface area contributed by atoms with Gasteiger partial charge in [0.15, 0.2) is 30.5 Å². The standard InChI is InChI=1S/C57H86N12O25/c1-21(2)11-34(75)93-48-41(79)32(19-73)91-55(46(48)84)94-47-33(20-74)92-54(45(83)43(47)81)90-30-10-9-23(12-26(30)58)13-27(65-50(86)35(59)22(3)24-7-5-4-6-8-24)49(85)67-36(38(76)28-14-62-56(60)66-28)52(88)68-37(51(87)64-25(16-70)17-71)39(77)29-15-63-57(61)69(29)53-44(82)42(80)40(78)31(18-72)89-53/h4-10,12,16,21-22,25,27-29,31-33,35-48,53-55,71-74,76-84H,11,13-15,17-20,58-59H2,1-3H3,(H2,61,63)(H,64,87)(H,65,86)(H,67,85)(H,68,88)(H3,60,62,66)/t22?,25-,27+,28?,29?,31?,32?,33?,35+,36+,37+,38?,39?,40?,41?,42?,43?,44?,45?,46?,47?,48?,53?,54?,55?/m1/s1. The van der Waals surface area contributed by atoms with Crippen molar-refractivity contribution in [3.05, 3.63) is 59.7 Å². The van der Waals surface area contributed by atoms with Crippen LogP contribution in [0.3, 0.4) is 0 Å². The number of hydrogen-bond donors (Lipinski definition) is 22. The van der Waals surface area contributed by atoms with Crippen LogP contribution in [0.5, 0.6) is 5.75 Å². The molecule has 5 aliphatic heterocycles. The van der Waals surface area contributed by atoms with Gasteiger partial charge in [-0.1, -0.05) is 57.2 Å². The first-order valence-electron chi connectivity index (χ1n) is 30.1. The van der Waals surface area contributed by atoms with Crippen molar-refractivity contribution in [2.75, 3.05) is 45.3 Å². The highest BCUT2D eigenvalue weighted by molar-refractivity contribution is 5.96. The van der Waals surface area contributed by atoms with Gasteiger partial charge in [-0.3, -0.25) is 34.0 Å². The number of ether oxygens (including phenoxy) is 6. The zero-order chi connectivity index (χ0) is 69.2. The van der Waals surface area contributed by atoms with Crippen molar-refractivity contribution in [1.82, 2.24) is 31.5 Å². The van der Waals surface area contributed by atoms with Crippen LogP contribution < -0.4 is 54.3 Å². The molecule has 2 aromatic carbocycles. The summed E-state index contributed by atoms with van der Waals surface area (Å²) >= 11 is 0. The maximum Gasteiger partial charge on any atom is 0.306 e. The van der Waals surface area contributed by atoms with Gasteiger partial charge in [0.1, 0.15) is 116 Å². The molecule has 4 amide bonds. The van der Waals surface area contributed by atoms with Crippen LogP contribution in [0.25, 0.3) is 0 Å². The lowest BCUT2D eigenvalue weighted by atomic mass is 9.93. The van der Waals surface area contributed by atoms with Gasteiger partial charge in [0.2, 0.25) is 29.9 Å². The van der Waals surface area contributed by atoms with Crippen LogP contribution in [-0.4, -0.2) is 305 Å². The Balaban J connectivity index is 1.15. The topological polar surface area (TPSA) is 613 Å². The molecule has 5 heterocycles. The van der Waals surface area contributed by atoms with E-state index in [1.54, 1.807) is 51.1 Å². The molecule has 0 bridgehead atoms. The van der Waals surface area contributed by atoms with E-state index < -0.39 is 227 Å². The van der Waals surface area contributed by atoms with Gasteiger partial charge < -0.3 is 154 Å². The van der Waals surface area contributed by atoms with Crippen molar-refractivity contribution in [2.24, 2.45) is 33.1 Å². The second-order valence-electron chi connectivity index (χ2n) is 23.8. The van der Waals surface area contributed by atoms with Crippen molar-refractivity contribution in [2.45, 2.75) is 186 Å². The summed E-state index contributed by atoms with van der Waals surface area (Å²) in [5, 5.41) is 153. The van der Waals surface area contributed by atoms with Crippen molar-refractivity contribution >= 4 is 53.5 Å². The molecule has 524 valence electrons. The van der Waals surface area contributed by atoms with E-state index in [9.17, 15) is 95.2 Å². The zero-order valence-corrected chi connectivity index (χ0v) is 51.2. The summed E-state index contributed by atoms with van der Waals surface area (Å²) in [4.78, 5) is 91.8. The molecule has 7 rings (SSSR count). The number of nitrogens with zero attached hydrogens (tertiary/aromatic N) is 3. The number of aliphatic imine (C=N–C) groups is 2. The Morgan fingerprint density at radius 1 is 0.691 bits per heavy atom. The number of nitrogens with one attached hydrogen (secondary N) is 5. The molecule has 26 N–H and O–H groups in total. The van der Waals surface area contributed by atoms with Gasteiger partial charge in [-0.25, -0.2) is 0 Å². The highest BCUT2D eigenvalue weighted by Crippen LogP contribution is 2.34. The van der Waals surface area contributed by atoms with E-state index in [2.05, 4.69) is 36.6 Å². The van der Waals surface area contributed by atoms with E-state index in [4.69, 9.17) is 51.4 Å². The number of esters is 1. The van der Waals surface area contributed by atoms with Crippen molar-refractivity contribution < 1.29 is 124 Å². The molecule has 0 aromatic heterocycles.